The van der Waals surface area contributed by atoms with Gasteiger partial charge in [0, 0.05) is 5.56 Å². The number of hydrogen-bond donors (Lipinski definition) is 0. The van der Waals surface area contributed by atoms with E-state index in [0.717, 1.165) is 17.7 Å². The lowest BCUT2D eigenvalue weighted by Gasteiger charge is -2.10. The molecule has 1 nitrogen and oxygen atoms in total. The topological polar surface area (TPSA) is 9.23 Å². The second kappa shape index (κ2) is 5.14. The van der Waals surface area contributed by atoms with Crippen LogP contribution in [0.1, 0.15) is 11.1 Å². The Morgan fingerprint density at radius 3 is 3.00 bits per heavy atom. The van der Waals surface area contributed by atoms with Crippen molar-refractivity contribution in [3.05, 3.63) is 42.0 Å². The van der Waals surface area contributed by atoms with Crippen LogP contribution in [0, 0.1) is 19.3 Å². The first-order valence-electron chi connectivity index (χ1n) is 4.55. The fourth-order valence-corrected chi connectivity index (χ4v) is 1.34. The van der Waals surface area contributed by atoms with Crippen molar-refractivity contribution in [2.75, 3.05) is 6.61 Å². The maximum Gasteiger partial charge on any atom is 0.148 e. The van der Waals surface area contributed by atoms with Gasteiger partial charge in [-0.25, -0.2) is 0 Å². The number of terminal acetylenes is 1. The summed E-state index contributed by atoms with van der Waals surface area (Å²) in [5.74, 6) is 3.32. The third kappa shape index (κ3) is 2.40. The normalized spacial score (nSPS) is 9.14. The van der Waals surface area contributed by atoms with E-state index in [1.807, 2.05) is 18.2 Å². The van der Waals surface area contributed by atoms with Gasteiger partial charge in [0.1, 0.15) is 12.4 Å². The molecular formula is C13H14O. The van der Waals surface area contributed by atoms with Crippen LogP contribution in [0.3, 0.4) is 0 Å². The first kappa shape index (κ1) is 10.4. The minimum absolute atomic E-state index is 0.313. The number of benzene rings is 1. The highest BCUT2D eigenvalue weighted by molar-refractivity contribution is 5.40. The van der Waals surface area contributed by atoms with Gasteiger partial charge in [-0.3, -0.25) is 0 Å². The molecular weight excluding hydrogens is 172 g/mol. The molecule has 0 radical (unpaired) electrons. The summed E-state index contributed by atoms with van der Waals surface area (Å²) in [6, 6.07) is 5.96. The van der Waals surface area contributed by atoms with Crippen molar-refractivity contribution in [3.8, 4) is 18.1 Å². The van der Waals surface area contributed by atoms with E-state index in [0.29, 0.717) is 6.61 Å². The largest absolute Gasteiger partial charge is 0.481 e. The summed E-state index contributed by atoms with van der Waals surface area (Å²) >= 11 is 0. The van der Waals surface area contributed by atoms with Gasteiger partial charge >= 0.3 is 0 Å². The summed E-state index contributed by atoms with van der Waals surface area (Å²) in [5, 5.41) is 0. The van der Waals surface area contributed by atoms with Crippen LogP contribution in [0.25, 0.3) is 0 Å². The SMILES string of the molecule is C#CCOc1cccc(C)c1CC=C. The number of hydrogen-bond acceptors (Lipinski definition) is 1. The molecule has 0 aromatic heterocycles. The zero-order valence-electron chi connectivity index (χ0n) is 8.42. The Morgan fingerprint density at radius 2 is 2.36 bits per heavy atom. The van der Waals surface area contributed by atoms with Crippen molar-refractivity contribution in [2.24, 2.45) is 0 Å². The van der Waals surface area contributed by atoms with Crippen LogP contribution in [-0.4, -0.2) is 6.61 Å². The van der Waals surface area contributed by atoms with Crippen LogP contribution >= 0.6 is 0 Å². The fraction of sp³-hybridized carbons (Fsp3) is 0.231. The molecule has 0 saturated carbocycles. The molecule has 0 aliphatic rings. The Labute approximate surface area is 85.4 Å². The van der Waals surface area contributed by atoms with Crippen molar-refractivity contribution < 1.29 is 4.74 Å². The van der Waals surface area contributed by atoms with E-state index in [4.69, 9.17) is 11.2 Å². The smallest absolute Gasteiger partial charge is 0.148 e. The van der Waals surface area contributed by atoms with Crippen molar-refractivity contribution in [1.82, 2.24) is 0 Å². The monoisotopic (exact) mass is 186 g/mol. The quantitative estimate of drug-likeness (QED) is 0.519. The van der Waals surface area contributed by atoms with Gasteiger partial charge < -0.3 is 4.74 Å². The maximum atomic E-state index is 5.44. The first-order chi connectivity index (χ1) is 6.79. The average Bonchev–Trinajstić information content (AvgIpc) is 2.19. The van der Waals surface area contributed by atoms with Gasteiger partial charge in [0.2, 0.25) is 0 Å². The summed E-state index contributed by atoms with van der Waals surface area (Å²) < 4.78 is 5.44. The van der Waals surface area contributed by atoms with Crippen LogP contribution < -0.4 is 4.74 Å². The van der Waals surface area contributed by atoms with Gasteiger partial charge in [0.05, 0.1) is 0 Å². The van der Waals surface area contributed by atoms with E-state index >= 15 is 0 Å². The first-order valence-corrected chi connectivity index (χ1v) is 4.55. The summed E-state index contributed by atoms with van der Waals surface area (Å²) in [6.45, 7) is 6.09. The van der Waals surface area contributed by atoms with Crippen molar-refractivity contribution in [1.29, 1.82) is 0 Å². The zero-order valence-corrected chi connectivity index (χ0v) is 8.42. The van der Waals surface area contributed by atoms with E-state index < -0.39 is 0 Å². The molecule has 0 amide bonds. The molecule has 0 bridgehead atoms. The number of allylic oxidation sites excluding steroid dienone is 1. The van der Waals surface area contributed by atoms with Gasteiger partial charge in [-0.05, 0) is 25.0 Å². The molecule has 1 aromatic rings. The van der Waals surface area contributed by atoms with E-state index in [9.17, 15) is 0 Å². The Kier molecular flexibility index (Phi) is 3.82. The van der Waals surface area contributed by atoms with Gasteiger partial charge in [0.25, 0.3) is 0 Å². The van der Waals surface area contributed by atoms with Gasteiger partial charge in [0.15, 0.2) is 0 Å². The lowest BCUT2D eigenvalue weighted by molar-refractivity contribution is 0.366. The molecule has 0 saturated heterocycles. The molecule has 1 rings (SSSR count). The van der Waals surface area contributed by atoms with E-state index in [1.54, 1.807) is 0 Å². The molecule has 1 aromatic carbocycles. The second-order valence-corrected chi connectivity index (χ2v) is 3.04. The van der Waals surface area contributed by atoms with Crippen molar-refractivity contribution >= 4 is 0 Å². The van der Waals surface area contributed by atoms with Crippen LogP contribution in [0.4, 0.5) is 0 Å². The molecule has 0 N–H and O–H groups in total. The van der Waals surface area contributed by atoms with Crippen LogP contribution in [-0.2, 0) is 6.42 Å². The highest BCUT2D eigenvalue weighted by Crippen LogP contribution is 2.22. The average molecular weight is 186 g/mol. The highest BCUT2D eigenvalue weighted by atomic mass is 16.5. The van der Waals surface area contributed by atoms with E-state index in [-0.39, 0.29) is 0 Å². The molecule has 14 heavy (non-hydrogen) atoms. The number of aryl methyl sites for hydroxylation is 1. The van der Waals surface area contributed by atoms with Crippen LogP contribution in [0.2, 0.25) is 0 Å². The number of ether oxygens (including phenoxy) is 1. The Balaban J connectivity index is 2.96. The van der Waals surface area contributed by atoms with Crippen molar-refractivity contribution in [2.45, 2.75) is 13.3 Å². The lowest BCUT2D eigenvalue weighted by atomic mass is 10.0. The summed E-state index contributed by atoms with van der Waals surface area (Å²) in [4.78, 5) is 0. The highest BCUT2D eigenvalue weighted by Gasteiger charge is 2.03. The molecule has 0 aliphatic heterocycles. The Hall–Kier alpha value is -1.68. The molecule has 0 heterocycles. The minimum atomic E-state index is 0.313. The zero-order chi connectivity index (χ0) is 10.4. The molecule has 0 aliphatic carbocycles. The van der Waals surface area contributed by atoms with E-state index in [1.165, 1.54) is 5.56 Å². The maximum absolute atomic E-state index is 5.44. The Bertz CT molecular complexity index is 358. The summed E-state index contributed by atoms with van der Waals surface area (Å²) in [6.07, 6.45) is 7.82. The second-order valence-electron chi connectivity index (χ2n) is 3.04. The summed E-state index contributed by atoms with van der Waals surface area (Å²) in [7, 11) is 0. The van der Waals surface area contributed by atoms with Gasteiger partial charge in [-0.15, -0.1) is 13.0 Å². The fourth-order valence-electron chi connectivity index (χ4n) is 1.34. The van der Waals surface area contributed by atoms with Crippen molar-refractivity contribution in [3.63, 3.8) is 0 Å². The predicted molar refractivity (Wildman–Crippen MR) is 59.4 cm³/mol. The summed E-state index contributed by atoms with van der Waals surface area (Å²) in [5.41, 5.74) is 2.37. The molecule has 0 spiro atoms. The molecule has 1 heteroatoms. The molecule has 72 valence electrons. The van der Waals surface area contributed by atoms with Gasteiger partial charge in [-0.2, -0.15) is 0 Å². The number of rotatable bonds is 4. The van der Waals surface area contributed by atoms with Crippen LogP contribution in [0.5, 0.6) is 5.75 Å². The predicted octanol–water partition coefficient (Wildman–Crippen LogP) is 2.74. The minimum Gasteiger partial charge on any atom is -0.481 e. The third-order valence-electron chi connectivity index (χ3n) is 2.03. The van der Waals surface area contributed by atoms with Gasteiger partial charge in [-0.1, -0.05) is 24.1 Å². The molecule has 0 atom stereocenters. The van der Waals surface area contributed by atoms with E-state index in [2.05, 4.69) is 25.5 Å². The lowest BCUT2D eigenvalue weighted by Crippen LogP contribution is -1.99. The standard InChI is InChI=1S/C13H14O/c1-4-7-12-11(3)8-6-9-13(12)14-10-5-2/h2,4,6,8-9H,1,7,10H2,3H3. The molecule has 0 unspecified atom stereocenters. The Morgan fingerprint density at radius 1 is 1.57 bits per heavy atom. The van der Waals surface area contributed by atoms with Crippen LogP contribution in [0.15, 0.2) is 30.9 Å². The molecule has 0 fully saturated rings. The third-order valence-corrected chi connectivity index (χ3v) is 2.03.